The maximum absolute atomic E-state index is 11.0. The average molecular weight is 484 g/mol. The molecular weight excluding hydrogens is 438 g/mol. The largest absolute Gasteiger partial charge is 0.494 e. The number of benzene rings is 2. The molecule has 0 aliphatic carbocycles. The minimum absolute atomic E-state index is 0.0551. The van der Waals surface area contributed by atoms with Crippen LogP contribution in [0.2, 0.25) is 0 Å². The van der Waals surface area contributed by atoms with Crippen LogP contribution in [-0.2, 0) is 10.2 Å². The number of ether oxygens (including phenoxy) is 2. The first-order chi connectivity index (χ1) is 16.6. The highest BCUT2D eigenvalue weighted by molar-refractivity contribution is 5.74. The Hall–Kier alpha value is -2.53. The highest BCUT2D eigenvalue weighted by Crippen LogP contribution is 2.41. The predicted octanol–water partition coefficient (Wildman–Crippen LogP) is 7.36. The van der Waals surface area contributed by atoms with Crippen molar-refractivity contribution < 1.29 is 19.5 Å². The second-order valence-electron chi connectivity index (χ2n) is 10.6. The standard InChI is InChI=1S/C30H45NO4/c1-7-30(8-2,25-15-18-27(23(3)22-25)35-21-19-29(4,5)6)24-13-16-26(17-14-24)34-20-11-9-10-12-28(32)31-33/h13-18,22,33H,7-12,19-21H2,1-6H3,(H,31,32). The zero-order chi connectivity index (χ0) is 25.9. The normalized spacial score (nSPS) is 11.9. The molecule has 2 N–H and O–H groups in total. The second-order valence-corrected chi connectivity index (χ2v) is 10.6. The van der Waals surface area contributed by atoms with Crippen molar-refractivity contribution in [2.45, 2.75) is 91.9 Å². The molecular formula is C30H45NO4. The topological polar surface area (TPSA) is 67.8 Å². The lowest BCUT2D eigenvalue weighted by Gasteiger charge is -2.34. The summed E-state index contributed by atoms with van der Waals surface area (Å²) in [6.45, 7) is 14.7. The number of hydrogen-bond acceptors (Lipinski definition) is 4. The minimum atomic E-state index is -0.338. The molecule has 2 aromatic carbocycles. The van der Waals surface area contributed by atoms with Gasteiger partial charge in [-0.3, -0.25) is 10.0 Å². The molecule has 0 atom stereocenters. The molecule has 35 heavy (non-hydrogen) atoms. The molecule has 0 radical (unpaired) electrons. The first kappa shape index (κ1) is 28.7. The van der Waals surface area contributed by atoms with Crippen molar-refractivity contribution in [2.75, 3.05) is 13.2 Å². The number of nitrogens with one attached hydrogen (secondary N) is 1. The molecule has 0 heterocycles. The summed E-state index contributed by atoms with van der Waals surface area (Å²) < 4.78 is 12.0. The summed E-state index contributed by atoms with van der Waals surface area (Å²) in [6.07, 6.45) is 5.88. The third-order valence-electron chi connectivity index (χ3n) is 6.89. The van der Waals surface area contributed by atoms with Crippen molar-refractivity contribution in [1.82, 2.24) is 5.48 Å². The number of amides is 1. The molecule has 1 amide bonds. The van der Waals surface area contributed by atoms with Gasteiger partial charge in [0.1, 0.15) is 11.5 Å². The van der Waals surface area contributed by atoms with Crippen LogP contribution in [0.4, 0.5) is 0 Å². The Labute approximate surface area is 212 Å². The van der Waals surface area contributed by atoms with E-state index in [0.717, 1.165) is 56.6 Å². The molecule has 0 fully saturated rings. The quantitative estimate of drug-likeness (QED) is 0.167. The molecule has 194 valence electrons. The van der Waals surface area contributed by atoms with Gasteiger partial charge in [-0.2, -0.15) is 0 Å². The highest BCUT2D eigenvalue weighted by atomic mass is 16.5. The van der Waals surface area contributed by atoms with Crippen LogP contribution in [0.1, 0.15) is 96.3 Å². The fraction of sp³-hybridized carbons (Fsp3) is 0.567. The molecule has 0 aliphatic heterocycles. The summed E-state index contributed by atoms with van der Waals surface area (Å²) in [5.74, 6) is 1.50. The van der Waals surface area contributed by atoms with Crippen LogP contribution in [0, 0.1) is 12.3 Å². The van der Waals surface area contributed by atoms with Gasteiger partial charge in [0.25, 0.3) is 0 Å². The average Bonchev–Trinajstić information content (AvgIpc) is 2.83. The fourth-order valence-corrected chi connectivity index (χ4v) is 4.49. The molecule has 0 bridgehead atoms. The van der Waals surface area contributed by atoms with Gasteiger partial charge in [0.05, 0.1) is 13.2 Å². The van der Waals surface area contributed by atoms with E-state index in [9.17, 15) is 4.79 Å². The number of rotatable bonds is 14. The van der Waals surface area contributed by atoms with E-state index in [2.05, 4.69) is 84.0 Å². The Kier molecular flexibility index (Phi) is 11.1. The van der Waals surface area contributed by atoms with Crippen LogP contribution in [0.3, 0.4) is 0 Å². The smallest absolute Gasteiger partial charge is 0.243 e. The van der Waals surface area contributed by atoms with Crippen molar-refractivity contribution >= 4 is 5.91 Å². The SMILES string of the molecule is CCC(CC)(c1ccc(OCCCCCC(=O)NO)cc1)c1ccc(OCCC(C)(C)C)c(C)c1. The van der Waals surface area contributed by atoms with Gasteiger partial charge in [0.15, 0.2) is 0 Å². The van der Waals surface area contributed by atoms with E-state index < -0.39 is 0 Å². The summed E-state index contributed by atoms with van der Waals surface area (Å²) >= 11 is 0. The molecule has 0 aliphatic rings. The monoisotopic (exact) mass is 483 g/mol. The summed E-state index contributed by atoms with van der Waals surface area (Å²) in [5.41, 5.74) is 5.67. The van der Waals surface area contributed by atoms with E-state index in [-0.39, 0.29) is 16.7 Å². The summed E-state index contributed by atoms with van der Waals surface area (Å²) in [7, 11) is 0. The van der Waals surface area contributed by atoms with E-state index in [1.54, 1.807) is 5.48 Å². The van der Waals surface area contributed by atoms with Crippen molar-refractivity contribution in [3.63, 3.8) is 0 Å². The Morgan fingerprint density at radius 3 is 2.11 bits per heavy atom. The molecule has 5 heteroatoms. The Morgan fingerprint density at radius 2 is 1.54 bits per heavy atom. The van der Waals surface area contributed by atoms with Crippen molar-refractivity contribution in [1.29, 1.82) is 0 Å². The number of hydrogen-bond donors (Lipinski definition) is 2. The molecule has 0 saturated carbocycles. The van der Waals surface area contributed by atoms with Gasteiger partial charge >= 0.3 is 0 Å². The van der Waals surface area contributed by atoms with Crippen LogP contribution in [-0.4, -0.2) is 24.3 Å². The molecule has 0 unspecified atom stereocenters. The third-order valence-corrected chi connectivity index (χ3v) is 6.89. The maximum atomic E-state index is 11.0. The van der Waals surface area contributed by atoms with Gasteiger partial charge in [0.2, 0.25) is 5.91 Å². The van der Waals surface area contributed by atoms with E-state index >= 15 is 0 Å². The molecule has 0 spiro atoms. The van der Waals surface area contributed by atoms with Gasteiger partial charge in [-0.15, -0.1) is 0 Å². The second kappa shape index (κ2) is 13.5. The van der Waals surface area contributed by atoms with Crippen LogP contribution >= 0.6 is 0 Å². The number of unbranched alkanes of at least 4 members (excludes halogenated alkanes) is 2. The van der Waals surface area contributed by atoms with Crippen molar-refractivity contribution in [3.8, 4) is 11.5 Å². The molecule has 0 saturated heterocycles. The number of carbonyl (C=O) groups excluding carboxylic acids is 1. The lowest BCUT2D eigenvalue weighted by molar-refractivity contribution is -0.129. The van der Waals surface area contributed by atoms with Gasteiger partial charge in [-0.1, -0.05) is 58.9 Å². The zero-order valence-corrected chi connectivity index (χ0v) is 22.6. The summed E-state index contributed by atoms with van der Waals surface area (Å²) in [4.78, 5) is 11.0. The first-order valence-electron chi connectivity index (χ1n) is 13.1. The van der Waals surface area contributed by atoms with Crippen LogP contribution < -0.4 is 15.0 Å². The molecule has 0 aromatic heterocycles. The predicted molar refractivity (Wildman–Crippen MR) is 142 cm³/mol. The van der Waals surface area contributed by atoms with Gasteiger partial charge < -0.3 is 9.47 Å². The number of aryl methyl sites for hydroxylation is 1. The highest BCUT2D eigenvalue weighted by Gasteiger charge is 2.31. The Balaban J connectivity index is 2.03. The van der Waals surface area contributed by atoms with E-state index in [1.807, 2.05) is 0 Å². The molecule has 2 rings (SSSR count). The maximum Gasteiger partial charge on any atom is 0.243 e. The number of hydroxylamine groups is 1. The fourth-order valence-electron chi connectivity index (χ4n) is 4.49. The van der Waals surface area contributed by atoms with E-state index in [1.165, 1.54) is 16.7 Å². The first-order valence-corrected chi connectivity index (χ1v) is 13.1. The van der Waals surface area contributed by atoms with Crippen LogP contribution in [0.15, 0.2) is 42.5 Å². The van der Waals surface area contributed by atoms with Gasteiger partial charge in [-0.05, 0) is 85.8 Å². The molecule has 5 nitrogen and oxygen atoms in total. The lowest BCUT2D eigenvalue weighted by Crippen LogP contribution is -2.26. The van der Waals surface area contributed by atoms with Crippen molar-refractivity contribution in [3.05, 3.63) is 59.2 Å². The van der Waals surface area contributed by atoms with E-state index in [4.69, 9.17) is 14.7 Å². The lowest BCUT2D eigenvalue weighted by atomic mass is 9.70. The minimum Gasteiger partial charge on any atom is -0.494 e. The summed E-state index contributed by atoms with van der Waals surface area (Å²) in [5, 5.41) is 8.53. The zero-order valence-electron chi connectivity index (χ0n) is 22.6. The number of carbonyl (C=O) groups is 1. The molecule has 2 aromatic rings. The third kappa shape index (κ3) is 8.57. The van der Waals surface area contributed by atoms with E-state index in [0.29, 0.717) is 13.0 Å². The van der Waals surface area contributed by atoms with Crippen LogP contribution in [0.5, 0.6) is 11.5 Å². The van der Waals surface area contributed by atoms with Gasteiger partial charge in [-0.25, -0.2) is 5.48 Å². The summed E-state index contributed by atoms with van der Waals surface area (Å²) in [6, 6.07) is 15.2. The Bertz CT molecular complexity index is 911. The van der Waals surface area contributed by atoms with Crippen molar-refractivity contribution in [2.24, 2.45) is 5.41 Å². The Morgan fingerprint density at radius 1 is 0.886 bits per heavy atom. The van der Waals surface area contributed by atoms with Gasteiger partial charge in [0, 0.05) is 11.8 Å². The van der Waals surface area contributed by atoms with Crippen LogP contribution in [0.25, 0.3) is 0 Å².